The fourth-order valence-corrected chi connectivity index (χ4v) is 2.45. The first-order valence-electron chi connectivity index (χ1n) is 10.3. The molecule has 180 valence electrons. The van der Waals surface area contributed by atoms with Crippen molar-refractivity contribution in [2.45, 2.75) is 93.0 Å². The maximum Gasteiger partial charge on any atom is 0.311 e. The fourth-order valence-electron chi connectivity index (χ4n) is 2.45. The molecule has 9 nitrogen and oxygen atoms in total. The Balaban J connectivity index is 3.18. The van der Waals surface area contributed by atoms with Gasteiger partial charge in [0, 0.05) is 7.11 Å². The van der Waals surface area contributed by atoms with E-state index in [-0.39, 0.29) is 6.61 Å². The van der Waals surface area contributed by atoms with Crippen LogP contribution in [0.25, 0.3) is 0 Å². The van der Waals surface area contributed by atoms with Gasteiger partial charge in [-0.05, 0) is 62.3 Å². The van der Waals surface area contributed by atoms with E-state index in [0.717, 1.165) is 0 Å². The van der Waals surface area contributed by atoms with E-state index in [1.54, 1.807) is 62.3 Å². The smallest absolute Gasteiger partial charge is 0.311 e. The summed E-state index contributed by atoms with van der Waals surface area (Å²) in [5.41, 5.74) is -2.46. The summed E-state index contributed by atoms with van der Waals surface area (Å²) in [6.45, 7) is 14.8. The Morgan fingerprint density at radius 3 is 1.58 bits per heavy atom. The number of carbonyl (C=O) groups is 3. The molecule has 1 rings (SSSR count). The molecule has 1 fully saturated rings. The normalized spacial score (nSPS) is 27.4. The summed E-state index contributed by atoms with van der Waals surface area (Å²) in [5, 5.41) is 10.9. The molecule has 0 bridgehead atoms. The number of methoxy groups -OCH3 is 1. The minimum Gasteiger partial charge on any atom is -0.462 e. The average Bonchev–Trinajstić information content (AvgIpc) is 2.60. The molecule has 5 atom stereocenters. The minimum absolute atomic E-state index is 0.291. The van der Waals surface area contributed by atoms with E-state index in [0.29, 0.717) is 0 Å². The van der Waals surface area contributed by atoms with E-state index in [1.807, 2.05) is 0 Å². The summed E-state index contributed by atoms with van der Waals surface area (Å²) in [7, 11) is 1.33. The topological polar surface area (TPSA) is 118 Å². The lowest BCUT2D eigenvalue weighted by atomic mass is 9.94. The second kappa shape index (κ2) is 9.83. The van der Waals surface area contributed by atoms with E-state index in [2.05, 4.69) is 0 Å². The molecule has 9 heteroatoms. The van der Waals surface area contributed by atoms with Gasteiger partial charge in [-0.1, -0.05) is 0 Å². The van der Waals surface area contributed by atoms with Crippen molar-refractivity contribution < 1.29 is 43.2 Å². The Morgan fingerprint density at radius 2 is 1.19 bits per heavy atom. The predicted molar refractivity (Wildman–Crippen MR) is 111 cm³/mol. The quantitative estimate of drug-likeness (QED) is 0.501. The Labute approximate surface area is 184 Å². The highest BCUT2D eigenvalue weighted by molar-refractivity contribution is 5.77. The van der Waals surface area contributed by atoms with E-state index < -0.39 is 64.9 Å². The van der Waals surface area contributed by atoms with Crippen LogP contribution in [0.5, 0.6) is 0 Å². The van der Waals surface area contributed by atoms with E-state index in [9.17, 15) is 19.5 Å². The molecule has 0 unspecified atom stereocenters. The van der Waals surface area contributed by atoms with Crippen molar-refractivity contribution in [1.82, 2.24) is 0 Å². The zero-order chi connectivity index (χ0) is 24.4. The summed E-state index contributed by atoms with van der Waals surface area (Å²) in [5.74, 6) is -1.66. The minimum atomic E-state index is -1.43. The van der Waals surface area contributed by atoms with Crippen molar-refractivity contribution >= 4 is 17.9 Å². The predicted octanol–water partition coefficient (Wildman–Crippen LogP) is 2.22. The Hall–Kier alpha value is -1.71. The van der Waals surface area contributed by atoms with Gasteiger partial charge in [-0.15, -0.1) is 0 Å². The number of hydrogen-bond acceptors (Lipinski definition) is 9. The lowest BCUT2D eigenvalue weighted by Gasteiger charge is -2.43. The molecule has 1 aliphatic rings. The molecular formula is C22H38O9. The van der Waals surface area contributed by atoms with Crippen molar-refractivity contribution in [3.05, 3.63) is 0 Å². The van der Waals surface area contributed by atoms with Gasteiger partial charge < -0.3 is 28.8 Å². The number of esters is 3. The fraction of sp³-hybridized carbons (Fsp3) is 0.864. The van der Waals surface area contributed by atoms with Crippen molar-refractivity contribution in [2.75, 3.05) is 13.7 Å². The second-order valence-electron chi connectivity index (χ2n) is 10.9. The third-order valence-corrected chi connectivity index (χ3v) is 4.55. The van der Waals surface area contributed by atoms with Crippen LogP contribution in [0.1, 0.15) is 62.3 Å². The average molecular weight is 447 g/mol. The van der Waals surface area contributed by atoms with Crippen LogP contribution < -0.4 is 0 Å². The monoisotopic (exact) mass is 446 g/mol. The van der Waals surface area contributed by atoms with Crippen LogP contribution in [-0.2, 0) is 38.1 Å². The van der Waals surface area contributed by atoms with Crippen molar-refractivity contribution in [3.63, 3.8) is 0 Å². The van der Waals surface area contributed by atoms with Crippen molar-refractivity contribution in [2.24, 2.45) is 16.2 Å². The molecule has 0 aromatic rings. The van der Waals surface area contributed by atoms with Crippen LogP contribution in [0.2, 0.25) is 0 Å². The molecule has 1 N–H and O–H groups in total. The zero-order valence-electron chi connectivity index (χ0n) is 20.3. The Bertz CT molecular complexity index is 651. The number of ether oxygens (including phenoxy) is 5. The van der Waals surface area contributed by atoms with Gasteiger partial charge >= 0.3 is 17.9 Å². The Kier molecular flexibility index (Phi) is 8.67. The van der Waals surface area contributed by atoms with Crippen LogP contribution in [0.15, 0.2) is 0 Å². The molecule has 0 saturated carbocycles. The third kappa shape index (κ3) is 7.43. The summed E-state index contributed by atoms with van der Waals surface area (Å²) >= 11 is 0. The van der Waals surface area contributed by atoms with Crippen molar-refractivity contribution in [3.8, 4) is 0 Å². The van der Waals surface area contributed by atoms with Gasteiger partial charge in [0.15, 0.2) is 18.5 Å². The number of rotatable bonds is 5. The Morgan fingerprint density at radius 1 is 0.774 bits per heavy atom. The molecule has 1 saturated heterocycles. The lowest BCUT2D eigenvalue weighted by molar-refractivity contribution is -0.303. The van der Waals surface area contributed by atoms with E-state index >= 15 is 0 Å². The third-order valence-electron chi connectivity index (χ3n) is 4.55. The molecular weight excluding hydrogens is 408 g/mol. The number of carbonyl (C=O) groups excluding carboxylic acids is 3. The first-order valence-corrected chi connectivity index (χ1v) is 10.3. The number of aliphatic hydroxyl groups is 1. The van der Waals surface area contributed by atoms with Crippen LogP contribution in [0, 0.1) is 16.2 Å². The van der Waals surface area contributed by atoms with Crippen LogP contribution in [0.4, 0.5) is 0 Å². The van der Waals surface area contributed by atoms with Crippen LogP contribution >= 0.6 is 0 Å². The molecule has 1 heterocycles. The highest BCUT2D eigenvalue weighted by Gasteiger charge is 2.52. The van der Waals surface area contributed by atoms with E-state index in [1.165, 1.54) is 7.11 Å². The molecule has 0 aliphatic carbocycles. The van der Waals surface area contributed by atoms with Crippen molar-refractivity contribution in [1.29, 1.82) is 0 Å². The van der Waals surface area contributed by atoms with Crippen LogP contribution in [0.3, 0.4) is 0 Å². The summed E-state index contributed by atoms with van der Waals surface area (Å²) < 4.78 is 27.4. The summed E-state index contributed by atoms with van der Waals surface area (Å²) in [6, 6.07) is 0. The SMILES string of the molecule is CO[C@H]1O[C@H](COC(=O)C(C)(C)C)[C@H](O)[C@H](OC(=O)C(C)(C)C)[C@H]1OC(=O)C(C)(C)C. The van der Waals surface area contributed by atoms with Crippen LogP contribution in [-0.4, -0.2) is 67.4 Å². The molecule has 0 spiro atoms. The molecule has 31 heavy (non-hydrogen) atoms. The second-order valence-corrected chi connectivity index (χ2v) is 10.9. The van der Waals surface area contributed by atoms with Gasteiger partial charge in [-0.3, -0.25) is 14.4 Å². The summed E-state index contributed by atoms with van der Waals surface area (Å²) in [6.07, 6.45) is -6.13. The van der Waals surface area contributed by atoms with Gasteiger partial charge in [0.1, 0.15) is 18.8 Å². The summed E-state index contributed by atoms with van der Waals surface area (Å²) in [4.78, 5) is 37.2. The van der Waals surface area contributed by atoms with Gasteiger partial charge in [-0.25, -0.2) is 0 Å². The van der Waals surface area contributed by atoms with Gasteiger partial charge in [0.2, 0.25) is 0 Å². The standard InChI is InChI=1S/C22H38O9/c1-20(2,3)17(24)28-11-12-13(23)14(30-18(25)21(4,5)6)15(16(27-10)29-12)31-19(26)22(7,8)9/h12-16,23H,11H2,1-10H3/t12-,13+,14+,15-,16+/m1/s1. The highest BCUT2D eigenvalue weighted by atomic mass is 16.7. The maximum absolute atomic E-state index is 12.6. The molecule has 0 aromatic heterocycles. The largest absolute Gasteiger partial charge is 0.462 e. The highest BCUT2D eigenvalue weighted by Crippen LogP contribution is 2.31. The first kappa shape index (κ1) is 27.3. The molecule has 1 aliphatic heterocycles. The van der Waals surface area contributed by atoms with E-state index in [4.69, 9.17) is 23.7 Å². The lowest BCUT2D eigenvalue weighted by Crippen LogP contribution is -2.62. The van der Waals surface area contributed by atoms with Gasteiger partial charge in [-0.2, -0.15) is 0 Å². The number of aliphatic hydroxyl groups excluding tert-OH is 1. The number of hydrogen-bond donors (Lipinski definition) is 1. The maximum atomic E-state index is 12.6. The van der Waals surface area contributed by atoms with Gasteiger partial charge in [0.05, 0.1) is 16.2 Å². The first-order chi connectivity index (χ1) is 13.9. The molecule has 0 amide bonds. The molecule has 0 aromatic carbocycles. The molecule has 0 radical (unpaired) electrons. The van der Waals surface area contributed by atoms with Gasteiger partial charge in [0.25, 0.3) is 0 Å². The zero-order valence-corrected chi connectivity index (χ0v) is 20.3.